The average Bonchev–Trinajstić information content (AvgIpc) is 2.46. The lowest BCUT2D eigenvalue weighted by molar-refractivity contribution is 0.215. The molecule has 82 valence electrons. The first-order valence-corrected chi connectivity index (χ1v) is 7.01. The zero-order chi connectivity index (χ0) is 10.7. The lowest BCUT2D eigenvalue weighted by Crippen LogP contribution is -2.41. The van der Waals surface area contributed by atoms with E-state index in [1.54, 1.807) is 11.1 Å². The molecule has 0 amide bonds. The molecule has 1 heterocycles. The average molecular weight is 220 g/mol. The quantitative estimate of drug-likeness (QED) is 0.540. The molecule has 0 nitrogen and oxygen atoms in total. The lowest BCUT2D eigenvalue weighted by Gasteiger charge is -2.49. The highest BCUT2D eigenvalue weighted by atomic mass is 32.2. The molecule has 2 atom stereocenters. The number of hydrogen-bond acceptors (Lipinski definition) is 1. The van der Waals surface area contributed by atoms with Crippen molar-refractivity contribution >= 4 is 11.8 Å². The number of allylic oxidation sites excluding steroid dienone is 3. The highest BCUT2D eigenvalue weighted by Crippen LogP contribution is 2.62. The summed E-state index contributed by atoms with van der Waals surface area (Å²) in [5.41, 5.74) is 4.43. The molecule has 15 heavy (non-hydrogen) atoms. The molecule has 1 fully saturated rings. The third-order valence-electron chi connectivity index (χ3n) is 4.56. The summed E-state index contributed by atoms with van der Waals surface area (Å²) in [5, 5.41) is 3.29. The Kier molecular flexibility index (Phi) is 1.96. The van der Waals surface area contributed by atoms with Crippen LogP contribution in [0.25, 0.3) is 0 Å². The molecule has 2 aliphatic carbocycles. The second kappa shape index (κ2) is 2.94. The first kappa shape index (κ1) is 10.0. The van der Waals surface area contributed by atoms with Crippen LogP contribution >= 0.6 is 11.8 Å². The minimum Gasteiger partial charge on any atom is -0.129 e. The Morgan fingerprint density at radius 1 is 1.27 bits per heavy atom. The van der Waals surface area contributed by atoms with E-state index < -0.39 is 0 Å². The first-order valence-electron chi connectivity index (χ1n) is 6.07. The van der Waals surface area contributed by atoms with Crippen LogP contribution in [0.1, 0.15) is 46.5 Å². The van der Waals surface area contributed by atoms with Gasteiger partial charge in [-0.2, -0.15) is 0 Å². The Morgan fingerprint density at radius 3 is 2.87 bits per heavy atom. The summed E-state index contributed by atoms with van der Waals surface area (Å²) in [6, 6.07) is 0. The monoisotopic (exact) mass is 220 g/mol. The van der Waals surface area contributed by atoms with E-state index in [4.69, 9.17) is 0 Å². The number of rotatable bonds is 0. The smallest absolute Gasteiger partial charge is 0.0223 e. The maximum Gasteiger partial charge on any atom is 0.0223 e. The van der Waals surface area contributed by atoms with Crippen molar-refractivity contribution < 1.29 is 0 Å². The van der Waals surface area contributed by atoms with Crippen molar-refractivity contribution in [2.75, 3.05) is 0 Å². The normalized spacial score (nSPS) is 41.9. The van der Waals surface area contributed by atoms with Crippen molar-refractivity contribution in [2.45, 2.75) is 51.7 Å². The predicted octanol–water partition coefficient (Wildman–Crippen LogP) is 4.53. The second-order valence-electron chi connectivity index (χ2n) is 6.28. The highest BCUT2D eigenvalue weighted by Gasteiger charge is 2.51. The summed E-state index contributed by atoms with van der Waals surface area (Å²) in [6.07, 6.45) is 7.82. The van der Waals surface area contributed by atoms with E-state index in [-0.39, 0.29) is 0 Å². The molecule has 1 aliphatic heterocycles. The minimum absolute atomic E-state index is 0.443. The van der Waals surface area contributed by atoms with Gasteiger partial charge in [0.05, 0.1) is 0 Å². The van der Waals surface area contributed by atoms with E-state index in [0.29, 0.717) is 10.8 Å². The van der Waals surface area contributed by atoms with Crippen molar-refractivity contribution in [2.24, 2.45) is 10.8 Å². The van der Waals surface area contributed by atoms with Gasteiger partial charge in [0.2, 0.25) is 0 Å². The van der Waals surface area contributed by atoms with Gasteiger partial charge in [-0.05, 0) is 36.5 Å². The van der Waals surface area contributed by atoms with E-state index in [1.165, 1.54) is 25.7 Å². The summed E-state index contributed by atoms with van der Waals surface area (Å²) in [5.74, 6) is 0. The Labute approximate surface area is 97.2 Å². The van der Waals surface area contributed by atoms with Crippen LogP contribution in [0.3, 0.4) is 0 Å². The minimum atomic E-state index is 0.443. The van der Waals surface area contributed by atoms with Crippen molar-refractivity contribution in [3.63, 3.8) is 0 Å². The molecule has 0 aromatic carbocycles. The van der Waals surface area contributed by atoms with Crippen molar-refractivity contribution in [3.8, 4) is 0 Å². The first-order chi connectivity index (χ1) is 7.02. The maximum absolute atomic E-state index is 2.54. The lowest BCUT2D eigenvalue weighted by atomic mass is 9.58. The van der Waals surface area contributed by atoms with Crippen molar-refractivity contribution in [1.82, 2.24) is 0 Å². The molecule has 0 spiro atoms. The van der Waals surface area contributed by atoms with Crippen molar-refractivity contribution in [1.29, 1.82) is 0 Å². The van der Waals surface area contributed by atoms with Crippen LogP contribution in [0.5, 0.6) is 0 Å². The van der Waals surface area contributed by atoms with Crippen molar-refractivity contribution in [3.05, 3.63) is 22.6 Å². The molecule has 2 unspecified atom stereocenters. The van der Waals surface area contributed by atoms with E-state index in [1.807, 2.05) is 0 Å². The Hall–Kier alpha value is -0.170. The molecule has 0 bridgehead atoms. The fraction of sp³-hybridized carbons (Fsp3) is 0.714. The molecule has 3 rings (SSSR count). The van der Waals surface area contributed by atoms with Crippen LogP contribution in [0, 0.1) is 10.8 Å². The Morgan fingerprint density at radius 2 is 2.07 bits per heavy atom. The summed E-state index contributed by atoms with van der Waals surface area (Å²) >= 11 is 2.10. The van der Waals surface area contributed by atoms with E-state index in [2.05, 4.69) is 44.0 Å². The van der Waals surface area contributed by atoms with Gasteiger partial charge in [-0.25, -0.2) is 0 Å². The van der Waals surface area contributed by atoms with Crippen LogP contribution in [0.4, 0.5) is 0 Å². The molecule has 1 saturated carbocycles. The largest absolute Gasteiger partial charge is 0.129 e. The Bertz CT molecular complexity index is 362. The summed E-state index contributed by atoms with van der Waals surface area (Å²) in [7, 11) is 0. The van der Waals surface area contributed by atoms with Crippen LogP contribution < -0.4 is 0 Å². The molecule has 1 heteroatoms. The summed E-state index contributed by atoms with van der Waals surface area (Å²) < 4.78 is 0. The molecular formula is C14H20S. The summed E-state index contributed by atoms with van der Waals surface area (Å²) in [6.45, 7) is 7.35. The predicted molar refractivity (Wildman–Crippen MR) is 67.9 cm³/mol. The number of hydrogen-bond donors (Lipinski definition) is 0. The molecular weight excluding hydrogens is 200 g/mol. The van der Waals surface area contributed by atoms with Crippen LogP contribution in [-0.2, 0) is 0 Å². The highest BCUT2D eigenvalue weighted by molar-refractivity contribution is 8.03. The molecule has 0 aromatic heterocycles. The van der Waals surface area contributed by atoms with Gasteiger partial charge in [0, 0.05) is 10.7 Å². The molecule has 0 radical (unpaired) electrons. The van der Waals surface area contributed by atoms with Crippen LogP contribution in [-0.4, -0.2) is 5.25 Å². The third kappa shape index (κ3) is 1.28. The zero-order valence-corrected chi connectivity index (χ0v) is 10.8. The van der Waals surface area contributed by atoms with Gasteiger partial charge in [-0.15, -0.1) is 11.8 Å². The van der Waals surface area contributed by atoms with Gasteiger partial charge in [0.25, 0.3) is 0 Å². The van der Waals surface area contributed by atoms with Gasteiger partial charge >= 0.3 is 0 Å². The van der Waals surface area contributed by atoms with E-state index >= 15 is 0 Å². The Balaban J connectivity index is 2.07. The van der Waals surface area contributed by atoms with E-state index in [0.717, 1.165) is 5.25 Å². The van der Waals surface area contributed by atoms with Crippen LogP contribution in [0.2, 0.25) is 0 Å². The van der Waals surface area contributed by atoms with Gasteiger partial charge < -0.3 is 0 Å². The second-order valence-corrected chi connectivity index (χ2v) is 7.36. The fourth-order valence-electron chi connectivity index (χ4n) is 3.57. The molecule has 0 N–H and O–H groups in total. The maximum atomic E-state index is 2.54. The van der Waals surface area contributed by atoms with Crippen LogP contribution in [0.15, 0.2) is 22.6 Å². The third-order valence-corrected chi connectivity index (χ3v) is 5.95. The molecule has 0 saturated heterocycles. The van der Waals surface area contributed by atoms with Gasteiger partial charge in [0.15, 0.2) is 0 Å². The molecule has 3 aliphatic rings. The zero-order valence-electron chi connectivity index (χ0n) is 9.97. The van der Waals surface area contributed by atoms with Gasteiger partial charge in [0.1, 0.15) is 0 Å². The SMILES string of the molecule is CC1(C)CC2=CCCC3=CSC(C1)C32C. The number of thioether (sulfide) groups is 1. The fourth-order valence-corrected chi connectivity index (χ4v) is 5.39. The van der Waals surface area contributed by atoms with E-state index in [9.17, 15) is 0 Å². The van der Waals surface area contributed by atoms with Gasteiger partial charge in [-0.3, -0.25) is 0 Å². The summed E-state index contributed by atoms with van der Waals surface area (Å²) in [4.78, 5) is 0. The topological polar surface area (TPSA) is 0 Å². The van der Waals surface area contributed by atoms with Gasteiger partial charge in [-0.1, -0.05) is 38.0 Å². The molecule has 0 aromatic rings. The standard InChI is InChI=1S/C14H20S/c1-13(2)7-10-5-4-6-11-9-15-12(8-13)14(10,11)3/h5,9,12H,4,6-8H2,1-3H3.